The highest BCUT2D eigenvalue weighted by Gasteiger charge is 2.28. The van der Waals surface area contributed by atoms with Gasteiger partial charge in [-0.05, 0) is 48.4 Å². The summed E-state index contributed by atoms with van der Waals surface area (Å²) in [5, 5.41) is 17.0. The van der Waals surface area contributed by atoms with Crippen LogP contribution in [0.25, 0.3) is 38.6 Å². The maximum atomic E-state index is 13.7. The Morgan fingerprint density at radius 3 is 2.55 bits per heavy atom. The summed E-state index contributed by atoms with van der Waals surface area (Å²) in [4.78, 5) is 37.6. The quantitative estimate of drug-likeness (QED) is 0.193. The zero-order valence-electron chi connectivity index (χ0n) is 26.2. The van der Waals surface area contributed by atoms with E-state index in [1.807, 2.05) is 72.3 Å². The number of rotatable bonds is 10. The number of carbonyl (C=O) groups is 2. The van der Waals surface area contributed by atoms with Crippen LogP contribution < -0.4 is 10.1 Å². The first-order valence-electron chi connectivity index (χ1n) is 15.9. The largest absolute Gasteiger partial charge is 0.493 e. The summed E-state index contributed by atoms with van der Waals surface area (Å²) in [7, 11) is 0. The summed E-state index contributed by atoms with van der Waals surface area (Å²) in [6, 6.07) is 21.9. The lowest BCUT2D eigenvalue weighted by atomic mass is 9.97. The topological polar surface area (TPSA) is 115 Å². The minimum atomic E-state index is -1.07. The number of pyridine rings is 1. The first-order chi connectivity index (χ1) is 23.0. The van der Waals surface area contributed by atoms with Gasteiger partial charge in [-0.3, -0.25) is 9.36 Å². The number of carboxylic acid groups (broad SMARTS) is 1. The van der Waals surface area contributed by atoms with Crippen molar-refractivity contribution in [2.45, 2.75) is 26.3 Å². The van der Waals surface area contributed by atoms with Gasteiger partial charge in [0.25, 0.3) is 0 Å². The van der Waals surface area contributed by atoms with Crippen LogP contribution >= 0.6 is 0 Å². The summed E-state index contributed by atoms with van der Waals surface area (Å²) in [5.74, 6) is 0.303. The molecule has 1 aliphatic heterocycles. The molecule has 2 N–H and O–H groups in total. The molecule has 3 aromatic carbocycles. The summed E-state index contributed by atoms with van der Waals surface area (Å²) in [6.07, 6.45) is 8.03. The molecule has 7 rings (SSSR count). The van der Waals surface area contributed by atoms with Gasteiger partial charge < -0.3 is 24.6 Å². The summed E-state index contributed by atoms with van der Waals surface area (Å²) >= 11 is 0. The summed E-state index contributed by atoms with van der Waals surface area (Å²) < 4.78 is 9.79. The highest BCUT2D eigenvalue weighted by Crippen LogP contribution is 2.39. The zero-order valence-corrected chi connectivity index (χ0v) is 26.2. The van der Waals surface area contributed by atoms with E-state index < -0.39 is 5.97 Å². The number of hydrogen-bond donors (Lipinski definition) is 2. The fourth-order valence-corrected chi connectivity index (χ4v) is 6.70. The van der Waals surface area contributed by atoms with Crippen LogP contribution in [0.15, 0.2) is 91.6 Å². The third kappa shape index (κ3) is 5.83. The normalized spacial score (nSPS) is 13.3. The SMILES string of the molecule is Cc1ccnc(-n2ccnc2)c1-c1cccc2c(CCCOc3cccc4ccccc34)c(C(=O)O)n(CC(=O)N3CCNCC3)c12. The number of nitrogens with zero attached hydrogens (tertiary/aromatic N) is 5. The summed E-state index contributed by atoms with van der Waals surface area (Å²) in [5.41, 5.74) is 4.16. The van der Waals surface area contributed by atoms with Crippen molar-refractivity contribution in [3.63, 3.8) is 0 Å². The van der Waals surface area contributed by atoms with Gasteiger partial charge in [0, 0.05) is 66.7 Å². The van der Waals surface area contributed by atoms with Crippen LogP contribution in [0.2, 0.25) is 0 Å². The lowest BCUT2D eigenvalue weighted by Crippen LogP contribution is -2.47. The van der Waals surface area contributed by atoms with Crippen molar-refractivity contribution in [3.05, 3.63) is 108 Å². The van der Waals surface area contributed by atoms with E-state index >= 15 is 0 Å². The number of amides is 1. The molecule has 10 heteroatoms. The van der Waals surface area contributed by atoms with Gasteiger partial charge in [-0.1, -0.05) is 54.6 Å². The molecular weight excluding hydrogens is 592 g/mol. The molecule has 1 fully saturated rings. The fraction of sp³-hybridized carbons (Fsp3) is 0.243. The number of carboxylic acids is 1. The first-order valence-corrected chi connectivity index (χ1v) is 15.9. The van der Waals surface area contributed by atoms with Crippen molar-refractivity contribution in [2.24, 2.45) is 0 Å². The number of aromatic nitrogens is 4. The van der Waals surface area contributed by atoms with E-state index in [1.165, 1.54) is 0 Å². The number of aryl methyl sites for hydroxylation is 2. The molecule has 1 amide bonds. The molecule has 1 saturated heterocycles. The Labute approximate surface area is 272 Å². The maximum Gasteiger partial charge on any atom is 0.352 e. The number of para-hydroxylation sites is 1. The number of piperazine rings is 1. The molecule has 10 nitrogen and oxygen atoms in total. The molecule has 1 aliphatic rings. The Balaban J connectivity index is 1.32. The van der Waals surface area contributed by atoms with E-state index in [4.69, 9.17) is 9.72 Å². The number of imidazole rings is 1. The Kier molecular flexibility index (Phi) is 8.41. The standard InChI is InChI=1S/C37H36N6O4/c1-25-14-15-40-36(42-21-18-39-24-42)33(25)30-11-5-10-28-29(12-6-22-47-31-13-4-8-26-7-2-3-9-27(26)31)35(37(45)46)43(34(28)30)23-32(44)41-19-16-38-17-20-41/h2-5,7-11,13-15,18,21,24,38H,6,12,16-17,19-20,22-23H2,1H3,(H,45,46). The van der Waals surface area contributed by atoms with E-state index in [9.17, 15) is 14.7 Å². The molecule has 0 aliphatic carbocycles. The van der Waals surface area contributed by atoms with Gasteiger partial charge >= 0.3 is 5.97 Å². The molecule has 3 aromatic heterocycles. The predicted octanol–water partition coefficient (Wildman–Crippen LogP) is 5.49. The van der Waals surface area contributed by atoms with E-state index in [0.717, 1.165) is 38.6 Å². The van der Waals surface area contributed by atoms with Crippen LogP contribution in [-0.2, 0) is 17.8 Å². The van der Waals surface area contributed by atoms with Crippen LogP contribution in [0.3, 0.4) is 0 Å². The molecule has 0 radical (unpaired) electrons. The average molecular weight is 629 g/mol. The number of ether oxygens (including phenoxy) is 1. The second-order valence-corrected chi connectivity index (χ2v) is 11.8. The van der Waals surface area contributed by atoms with E-state index in [2.05, 4.69) is 22.4 Å². The Hall–Kier alpha value is -5.48. The summed E-state index contributed by atoms with van der Waals surface area (Å²) in [6.45, 7) is 4.92. The van der Waals surface area contributed by atoms with Crippen molar-refractivity contribution in [3.8, 4) is 22.7 Å². The highest BCUT2D eigenvalue weighted by molar-refractivity contribution is 6.05. The lowest BCUT2D eigenvalue weighted by molar-refractivity contribution is -0.132. The number of nitrogens with one attached hydrogen (secondary N) is 1. The molecule has 0 saturated carbocycles. The van der Waals surface area contributed by atoms with Crippen molar-refractivity contribution in [2.75, 3.05) is 32.8 Å². The predicted molar refractivity (Wildman–Crippen MR) is 181 cm³/mol. The van der Waals surface area contributed by atoms with Crippen molar-refractivity contribution in [1.82, 2.24) is 29.3 Å². The van der Waals surface area contributed by atoms with Gasteiger partial charge in [0.15, 0.2) is 0 Å². The molecule has 4 heterocycles. The number of benzene rings is 3. The van der Waals surface area contributed by atoms with Crippen LogP contribution in [0, 0.1) is 6.92 Å². The second kappa shape index (κ2) is 13.1. The van der Waals surface area contributed by atoms with Gasteiger partial charge in [0.1, 0.15) is 30.1 Å². The van der Waals surface area contributed by atoms with Gasteiger partial charge in [0.05, 0.1) is 12.1 Å². The number of hydrogen-bond acceptors (Lipinski definition) is 6. The van der Waals surface area contributed by atoms with E-state index in [0.29, 0.717) is 62.5 Å². The van der Waals surface area contributed by atoms with Gasteiger partial charge in [-0.15, -0.1) is 0 Å². The van der Waals surface area contributed by atoms with Crippen LogP contribution in [0.5, 0.6) is 5.75 Å². The molecule has 0 bridgehead atoms. The second-order valence-electron chi connectivity index (χ2n) is 11.8. The third-order valence-corrected chi connectivity index (χ3v) is 8.89. The molecule has 238 valence electrons. The highest BCUT2D eigenvalue weighted by atomic mass is 16.5. The van der Waals surface area contributed by atoms with Crippen LogP contribution in [0.1, 0.15) is 28.0 Å². The number of aromatic carboxylic acids is 1. The maximum absolute atomic E-state index is 13.7. The smallest absolute Gasteiger partial charge is 0.352 e. The lowest BCUT2D eigenvalue weighted by Gasteiger charge is -2.28. The average Bonchev–Trinajstić information content (AvgIpc) is 3.74. The molecule has 0 unspecified atom stereocenters. The molecular formula is C37H36N6O4. The van der Waals surface area contributed by atoms with Crippen LogP contribution in [0.4, 0.5) is 0 Å². The van der Waals surface area contributed by atoms with Crippen molar-refractivity contribution >= 4 is 33.6 Å². The van der Waals surface area contributed by atoms with E-state index in [1.54, 1.807) is 28.2 Å². The Bertz CT molecular complexity index is 2070. The molecule has 0 atom stereocenters. The number of carbonyl (C=O) groups excluding carboxylic acids is 1. The van der Waals surface area contributed by atoms with Gasteiger partial charge in [-0.25, -0.2) is 14.8 Å². The fourth-order valence-electron chi connectivity index (χ4n) is 6.70. The molecule has 0 spiro atoms. The van der Waals surface area contributed by atoms with Gasteiger partial charge in [-0.2, -0.15) is 0 Å². The van der Waals surface area contributed by atoms with Crippen LogP contribution in [-0.4, -0.2) is 73.8 Å². The Morgan fingerprint density at radius 1 is 0.957 bits per heavy atom. The number of fused-ring (bicyclic) bond motifs is 2. The van der Waals surface area contributed by atoms with E-state index in [-0.39, 0.29) is 18.1 Å². The molecule has 47 heavy (non-hydrogen) atoms. The molecule has 6 aromatic rings. The first kappa shape index (κ1) is 30.2. The third-order valence-electron chi connectivity index (χ3n) is 8.89. The monoisotopic (exact) mass is 628 g/mol. The van der Waals surface area contributed by atoms with Crippen molar-refractivity contribution < 1.29 is 19.4 Å². The minimum Gasteiger partial charge on any atom is -0.493 e. The minimum absolute atomic E-state index is 0.0820. The van der Waals surface area contributed by atoms with Crippen molar-refractivity contribution in [1.29, 1.82) is 0 Å². The zero-order chi connectivity index (χ0) is 32.3. The Morgan fingerprint density at radius 2 is 1.74 bits per heavy atom. The van der Waals surface area contributed by atoms with Gasteiger partial charge in [0.2, 0.25) is 5.91 Å².